The molecule has 22 heteroatoms. The number of H-pyrrole nitrogens is 1. The van der Waals surface area contributed by atoms with Crippen LogP contribution in [0.2, 0.25) is 0 Å². The fourth-order valence-corrected chi connectivity index (χ4v) is 3.86. The van der Waals surface area contributed by atoms with Gasteiger partial charge >= 0.3 is 62.3 Å². The number of rotatable bonds is 4. The SMILES string of the molecule is Cc1cc(-c2ccncn2)[n-]n1.Cc1cc(-c2ccncn2)[n-]n1.Cc1cc(-c2ccncn2)[n-]n1.Cc1cc(-c2ccncn2)n[nH]1.O.[Cl][Ir]([Cl])[Cl].[Ir+3]. The zero-order valence-electron chi connectivity index (χ0n) is 28.7. The van der Waals surface area contributed by atoms with Crippen molar-refractivity contribution in [3.05, 3.63) is 121 Å². The second kappa shape index (κ2) is 24.6. The summed E-state index contributed by atoms with van der Waals surface area (Å²) in [5.41, 5.74) is 10.3. The minimum atomic E-state index is -1.92. The Morgan fingerprint density at radius 1 is 0.500 bits per heavy atom. The van der Waals surface area contributed by atoms with Gasteiger partial charge in [-0.1, -0.05) is 35.3 Å². The smallest absolute Gasteiger partial charge is 3.00 e. The second-order valence-corrected chi connectivity index (χ2v) is 20.5. The van der Waals surface area contributed by atoms with Crippen LogP contribution < -0.4 is 15.3 Å². The maximum absolute atomic E-state index is 4.97. The van der Waals surface area contributed by atoms with Gasteiger partial charge in [0.25, 0.3) is 0 Å². The average Bonchev–Trinajstić information content (AvgIpc) is 4.00. The Labute approximate surface area is 340 Å². The summed E-state index contributed by atoms with van der Waals surface area (Å²) in [6.45, 7) is 7.66. The van der Waals surface area contributed by atoms with E-state index >= 15 is 0 Å². The van der Waals surface area contributed by atoms with Crippen LogP contribution in [0.1, 0.15) is 22.8 Å². The van der Waals surface area contributed by atoms with Gasteiger partial charge in [0.2, 0.25) is 0 Å². The van der Waals surface area contributed by atoms with Crippen molar-refractivity contribution in [2.75, 3.05) is 0 Å². The minimum absolute atomic E-state index is 0. The molecular weight excluding hydrogens is 1120 g/mol. The van der Waals surface area contributed by atoms with Crippen LogP contribution in [0.4, 0.5) is 0 Å². The molecule has 0 fully saturated rings. The van der Waals surface area contributed by atoms with Crippen LogP contribution in [0.25, 0.3) is 45.6 Å². The van der Waals surface area contributed by atoms with Crippen LogP contribution in [-0.2, 0) is 33.6 Å². The van der Waals surface area contributed by atoms with Gasteiger partial charge in [0.15, 0.2) is 0 Å². The van der Waals surface area contributed by atoms with Crippen LogP contribution in [0, 0.1) is 27.7 Å². The molecule has 0 spiro atoms. The van der Waals surface area contributed by atoms with Crippen molar-refractivity contribution in [1.29, 1.82) is 0 Å². The van der Waals surface area contributed by atoms with Gasteiger partial charge < -0.3 is 36.1 Å². The van der Waals surface area contributed by atoms with Gasteiger partial charge in [0.05, 0.1) is 22.8 Å². The largest absolute Gasteiger partial charge is 3.00 e. The molecule has 8 heterocycles. The molecule has 0 radical (unpaired) electrons. The molecule has 54 heavy (non-hydrogen) atoms. The summed E-state index contributed by atoms with van der Waals surface area (Å²) >= 11 is -1.92. The monoisotopic (exact) mass is 1150 g/mol. The number of aromatic nitrogens is 16. The molecular formula is C32H31Cl3Ir2N16O. The summed E-state index contributed by atoms with van der Waals surface area (Å²) in [5.74, 6) is 0. The predicted molar refractivity (Wildman–Crippen MR) is 195 cm³/mol. The Morgan fingerprint density at radius 3 is 1.04 bits per heavy atom. The van der Waals surface area contributed by atoms with Crippen LogP contribution in [0.3, 0.4) is 0 Å². The standard InChI is InChI=1S/C8H8N4.3C8H7N4.3ClH.2Ir.H2O/c4*1-6-4-8(12-11-6)7-2-3-9-5-10-7;;;;;;/h2-5H,1H3,(H,11,12);3*2-5H,1H3;3*1H;;;1H2/q;3*-1;;;;2*+3;/p-3. The molecule has 0 aliphatic rings. The van der Waals surface area contributed by atoms with Crippen molar-refractivity contribution in [3.63, 3.8) is 0 Å². The Balaban J connectivity index is 0.000000238. The zero-order chi connectivity index (χ0) is 37.1. The molecule has 17 nitrogen and oxygen atoms in total. The normalized spacial score (nSPS) is 9.80. The third-order valence-corrected chi connectivity index (χ3v) is 6.07. The number of hydrogen-bond acceptors (Lipinski definition) is 12. The number of hydrogen-bond donors (Lipinski definition) is 1. The topological polar surface area (TPSA) is 244 Å². The van der Waals surface area contributed by atoms with Gasteiger partial charge in [-0.15, -0.1) is 0 Å². The Bertz CT molecular complexity index is 1850. The Hall–Kier alpha value is -4.71. The maximum atomic E-state index is 4.97. The van der Waals surface area contributed by atoms with Crippen molar-refractivity contribution < 1.29 is 39.0 Å². The van der Waals surface area contributed by atoms with Crippen molar-refractivity contribution in [2.45, 2.75) is 27.7 Å². The van der Waals surface area contributed by atoms with Gasteiger partial charge in [-0.3, -0.25) is 5.10 Å². The second-order valence-electron chi connectivity index (χ2n) is 10.1. The first-order valence-corrected chi connectivity index (χ1v) is 23.7. The molecule has 0 atom stereocenters. The van der Waals surface area contributed by atoms with E-state index in [1.807, 2.05) is 76.2 Å². The van der Waals surface area contributed by atoms with E-state index in [1.54, 1.807) is 24.8 Å². The molecule has 8 aromatic heterocycles. The molecule has 0 aromatic carbocycles. The number of halogens is 3. The fraction of sp³-hybridized carbons (Fsp3) is 0.125. The van der Waals surface area contributed by atoms with E-state index in [4.69, 9.17) is 28.8 Å². The molecule has 0 saturated carbocycles. The molecule has 0 amide bonds. The third-order valence-electron chi connectivity index (χ3n) is 6.07. The van der Waals surface area contributed by atoms with Crippen molar-refractivity contribution in [1.82, 2.24) is 80.7 Å². The molecule has 284 valence electrons. The van der Waals surface area contributed by atoms with E-state index in [0.717, 1.165) is 68.3 Å². The number of nitrogens with one attached hydrogen (secondary N) is 1. The van der Waals surface area contributed by atoms with E-state index in [9.17, 15) is 0 Å². The quantitative estimate of drug-likeness (QED) is 0.248. The fourth-order valence-electron chi connectivity index (χ4n) is 3.86. The summed E-state index contributed by atoms with van der Waals surface area (Å²) in [7, 11) is 14.9. The van der Waals surface area contributed by atoms with Crippen molar-refractivity contribution in [3.8, 4) is 45.6 Å². The van der Waals surface area contributed by atoms with Gasteiger partial charge in [-0.05, 0) is 58.0 Å². The molecule has 0 aliphatic heterocycles. The molecule has 0 unspecified atom stereocenters. The van der Waals surface area contributed by atoms with Gasteiger partial charge in [-0.25, -0.2) is 39.9 Å². The summed E-state index contributed by atoms with van der Waals surface area (Å²) in [6.07, 6.45) is 12.8. The molecule has 8 rings (SSSR count). The molecule has 8 aromatic rings. The number of aromatic amines is 1. The minimum Gasteiger partial charge on any atom is 3.00 e. The maximum Gasteiger partial charge on any atom is 3.00 e. The van der Waals surface area contributed by atoms with Crippen LogP contribution in [0.15, 0.2) is 98.6 Å². The van der Waals surface area contributed by atoms with E-state index in [-0.39, 0.29) is 25.6 Å². The average molecular weight is 1150 g/mol. The Kier molecular flexibility index (Phi) is 20.7. The summed E-state index contributed by atoms with van der Waals surface area (Å²) < 4.78 is 0. The number of aryl methyl sites for hydroxylation is 4. The molecule has 0 aliphatic carbocycles. The van der Waals surface area contributed by atoms with E-state index < -0.39 is 13.5 Å². The van der Waals surface area contributed by atoms with Gasteiger partial charge in [-0.2, -0.15) is 5.10 Å². The molecule has 0 bridgehead atoms. The number of nitrogens with zero attached hydrogens (tertiary/aromatic N) is 15. The van der Waals surface area contributed by atoms with Crippen LogP contribution in [0.5, 0.6) is 0 Å². The van der Waals surface area contributed by atoms with E-state index in [1.165, 1.54) is 25.3 Å². The molecule has 3 N–H and O–H groups in total. The van der Waals surface area contributed by atoms with E-state index in [0.29, 0.717) is 0 Å². The van der Waals surface area contributed by atoms with Crippen molar-refractivity contribution >= 4 is 28.8 Å². The third kappa shape index (κ3) is 16.1. The molecule has 0 saturated heterocycles. The van der Waals surface area contributed by atoms with Gasteiger partial charge in [0, 0.05) is 47.6 Å². The zero-order valence-corrected chi connectivity index (χ0v) is 35.8. The van der Waals surface area contributed by atoms with Crippen LogP contribution in [-0.4, -0.2) is 70.8 Å². The Morgan fingerprint density at radius 2 is 0.815 bits per heavy atom. The van der Waals surface area contributed by atoms with Crippen molar-refractivity contribution in [2.24, 2.45) is 0 Å². The summed E-state index contributed by atoms with van der Waals surface area (Å²) in [4.78, 5) is 31.5. The first kappa shape index (κ1) is 45.4. The van der Waals surface area contributed by atoms with Gasteiger partial charge in [0.1, 0.15) is 31.0 Å². The van der Waals surface area contributed by atoms with E-state index in [2.05, 4.69) is 80.7 Å². The summed E-state index contributed by atoms with van der Waals surface area (Å²) in [6, 6.07) is 14.9. The first-order chi connectivity index (χ1) is 25.2. The first-order valence-electron chi connectivity index (χ1n) is 14.8. The predicted octanol–water partition coefficient (Wildman–Crippen LogP) is 4.83. The summed E-state index contributed by atoms with van der Waals surface area (Å²) in [5, 5.41) is 30.4. The van der Waals surface area contributed by atoms with Crippen LogP contribution >= 0.6 is 28.8 Å².